The molecule has 1 aromatic heterocycles. The number of amides is 1. The number of aromatic nitrogens is 1. The molecule has 1 fully saturated rings. The lowest BCUT2D eigenvalue weighted by atomic mass is 10.0. The number of rotatable bonds is 8. The van der Waals surface area contributed by atoms with E-state index in [1.165, 1.54) is 11.8 Å². The summed E-state index contributed by atoms with van der Waals surface area (Å²) < 4.78 is 12.8. The number of anilines is 1. The van der Waals surface area contributed by atoms with Crippen LogP contribution in [0.3, 0.4) is 0 Å². The Morgan fingerprint density at radius 2 is 1.90 bits per heavy atom. The number of pyridine rings is 1. The van der Waals surface area contributed by atoms with Gasteiger partial charge in [0.25, 0.3) is 11.5 Å². The molecular formula is C29H26N4O4S2. The van der Waals surface area contributed by atoms with E-state index in [9.17, 15) is 14.9 Å². The molecule has 10 heteroatoms. The number of benzene rings is 2. The quantitative estimate of drug-likeness (QED) is 0.310. The number of thiocarbonyl (C=S) groups is 1. The molecule has 0 radical (unpaired) electrons. The van der Waals surface area contributed by atoms with E-state index in [2.05, 4.69) is 11.4 Å². The highest BCUT2D eigenvalue weighted by Gasteiger charge is 2.33. The van der Waals surface area contributed by atoms with Crippen molar-refractivity contribution in [3.05, 3.63) is 91.6 Å². The lowest BCUT2D eigenvalue weighted by Crippen LogP contribution is -2.28. The fourth-order valence-electron chi connectivity index (χ4n) is 4.61. The van der Waals surface area contributed by atoms with Gasteiger partial charge in [0, 0.05) is 18.7 Å². The Labute approximate surface area is 235 Å². The fraction of sp³-hybridized carbons (Fsp3) is 0.241. The van der Waals surface area contributed by atoms with Crippen LogP contribution in [0, 0.1) is 18.3 Å². The number of hydrogen-bond acceptors (Lipinski definition) is 8. The summed E-state index contributed by atoms with van der Waals surface area (Å²) in [6.45, 7) is 5.00. The molecule has 1 N–H and O–H groups in total. The van der Waals surface area contributed by atoms with Crippen LogP contribution in [0.4, 0.5) is 5.82 Å². The molecule has 39 heavy (non-hydrogen) atoms. The van der Waals surface area contributed by atoms with Gasteiger partial charge in [-0.15, -0.1) is 0 Å². The molecule has 1 saturated heterocycles. The number of fused-ring (bicyclic) bond motifs is 1. The van der Waals surface area contributed by atoms with Crippen molar-refractivity contribution in [3.8, 4) is 17.6 Å². The number of thioether (sulfide) groups is 1. The topological polar surface area (TPSA) is 96.6 Å². The van der Waals surface area contributed by atoms with Gasteiger partial charge >= 0.3 is 0 Å². The Kier molecular flexibility index (Phi) is 7.72. The second kappa shape index (κ2) is 11.4. The maximum atomic E-state index is 13.5. The summed E-state index contributed by atoms with van der Waals surface area (Å²) >= 11 is 6.77. The van der Waals surface area contributed by atoms with Crippen LogP contribution < -0.4 is 20.3 Å². The normalized spacial score (nSPS) is 15.2. The highest BCUT2D eigenvalue weighted by atomic mass is 32.2. The van der Waals surface area contributed by atoms with Gasteiger partial charge in [-0.1, -0.05) is 60.4 Å². The zero-order valence-corrected chi connectivity index (χ0v) is 23.2. The number of ether oxygens (including phenoxy) is 2. The maximum absolute atomic E-state index is 13.5. The minimum absolute atomic E-state index is 0.0625. The predicted octanol–water partition coefficient (Wildman–Crippen LogP) is 4.83. The molecule has 0 aliphatic carbocycles. The Morgan fingerprint density at radius 3 is 2.64 bits per heavy atom. The van der Waals surface area contributed by atoms with Gasteiger partial charge in [-0.05, 0) is 55.2 Å². The summed E-state index contributed by atoms with van der Waals surface area (Å²) in [5.74, 6) is 1.66. The van der Waals surface area contributed by atoms with E-state index in [0.29, 0.717) is 50.8 Å². The van der Waals surface area contributed by atoms with Crippen molar-refractivity contribution in [2.75, 3.05) is 18.7 Å². The summed E-state index contributed by atoms with van der Waals surface area (Å²) in [6.07, 6.45) is 2.49. The van der Waals surface area contributed by atoms with Gasteiger partial charge in [0.15, 0.2) is 11.5 Å². The molecule has 3 aromatic rings. The Bertz CT molecular complexity index is 1590. The van der Waals surface area contributed by atoms with Crippen molar-refractivity contribution >= 4 is 46.1 Å². The molecule has 5 rings (SSSR count). The van der Waals surface area contributed by atoms with Crippen LogP contribution in [0.1, 0.15) is 34.7 Å². The SMILES string of the molecule is CCn1c(NCCc2ccccc2)c(/C=C2/SC(=S)N(Cc3ccc4c(c3)OCO4)C2=O)c(C)c(C#N)c1=O. The van der Waals surface area contributed by atoms with Crippen LogP contribution in [0.25, 0.3) is 6.08 Å². The van der Waals surface area contributed by atoms with Gasteiger partial charge in [0.2, 0.25) is 6.79 Å². The van der Waals surface area contributed by atoms with E-state index in [1.807, 2.05) is 55.5 Å². The fourth-order valence-corrected chi connectivity index (χ4v) is 5.85. The van der Waals surface area contributed by atoms with Crippen molar-refractivity contribution in [2.24, 2.45) is 0 Å². The zero-order chi connectivity index (χ0) is 27.5. The minimum atomic E-state index is -0.354. The Morgan fingerprint density at radius 1 is 1.13 bits per heavy atom. The lowest BCUT2D eigenvalue weighted by Gasteiger charge is -2.19. The number of nitrogens with zero attached hydrogens (tertiary/aromatic N) is 3. The number of hydrogen-bond donors (Lipinski definition) is 1. The van der Waals surface area contributed by atoms with Crippen LogP contribution in [0.5, 0.6) is 11.5 Å². The second-order valence-electron chi connectivity index (χ2n) is 9.04. The van der Waals surface area contributed by atoms with Gasteiger partial charge in [-0.25, -0.2) is 0 Å². The Balaban J connectivity index is 1.47. The van der Waals surface area contributed by atoms with E-state index >= 15 is 0 Å². The van der Waals surface area contributed by atoms with Gasteiger partial charge in [-0.3, -0.25) is 19.1 Å². The van der Waals surface area contributed by atoms with Gasteiger partial charge in [-0.2, -0.15) is 5.26 Å². The van der Waals surface area contributed by atoms with Gasteiger partial charge in [0.1, 0.15) is 21.8 Å². The maximum Gasteiger partial charge on any atom is 0.270 e. The molecule has 1 amide bonds. The van der Waals surface area contributed by atoms with Crippen LogP contribution in [-0.4, -0.2) is 33.0 Å². The second-order valence-corrected chi connectivity index (χ2v) is 10.7. The van der Waals surface area contributed by atoms with E-state index in [0.717, 1.165) is 17.5 Å². The molecule has 0 atom stereocenters. The van der Waals surface area contributed by atoms with Crippen molar-refractivity contribution in [2.45, 2.75) is 33.4 Å². The first kappa shape index (κ1) is 26.5. The molecule has 3 heterocycles. The summed E-state index contributed by atoms with van der Waals surface area (Å²) in [7, 11) is 0. The monoisotopic (exact) mass is 558 g/mol. The molecule has 2 aromatic carbocycles. The summed E-state index contributed by atoms with van der Waals surface area (Å²) in [6, 6.07) is 17.6. The molecule has 2 aliphatic heterocycles. The third-order valence-corrected chi connectivity index (χ3v) is 8.04. The van der Waals surface area contributed by atoms with E-state index in [-0.39, 0.29) is 30.4 Å². The van der Waals surface area contributed by atoms with E-state index in [4.69, 9.17) is 21.7 Å². The molecule has 8 nitrogen and oxygen atoms in total. The van der Waals surface area contributed by atoms with E-state index < -0.39 is 0 Å². The highest BCUT2D eigenvalue weighted by molar-refractivity contribution is 8.26. The van der Waals surface area contributed by atoms with Gasteiger partial charge < -0.3 is 14.8 Å². The predicted molar refractivity (Wildman–Crippen MR) is 156 cm³/mol. The van der Waals surface area contributed by atoms with E-state index in [1.54, 1.807) is 22.5 Å². The molecule has 2 aliphatic rings. The molecule has 198 valence electrons. The summed E-state index contributed by atoms with van der Waals surface area (Å²) in [4.78, 5) is 28.6. The highest BCUT2D eigenvalue weighted by Crippen LogP contribution is 2.37. The first-order valence-corrected chi connectivity index (χ1v) is 13.7. The Hall–Kier alpha value is -4.07. The summed E-state index contributed by atoms with van der Waals surface area (Å²) in [5, 5.41) is 13.2. The average Bonchev–Trinajstić information content (AvgIpc) is 3.51. The lowest BCUT2D eigenvalue weighted by molar-refractivity contribution is -0.122. The molecule has 0 saturated carbocycles. The molecule has 0 unspecified atom stereocenters. The molecule has 0 bridgehead atoms. The van der Waals surface area contributed by atoms with Crippen LogP contribution in [0.2, 0.25) is 0 Å². The first-order valence-electron chi connectivity index (χ1n) is 12.5. The number of nitriles is 1. The van der Waals surface area contributed by atoms with Crippen molar-refractivity contribution < 1.29 is 14.3 Å². The standard InChI is InChI=1S/C29H26N4O4S2/c1-3-32-26(31-12-11-19-7-5-4-6-8-19)21(18(2)22(15-30)27(32)34)14-25-28(35)33(29(38)39-25)16-20-9-10-23-24(13-20)37-17-36-23/h4-10,13-14,31H,3,11-12,16-17H2,1-2H3/b25-14+. The van der Waals surface area contributed by atoms with Crippen LogP contribution in [0.15, 0.2) is 58.2 Å². The largest absolute Gasteiger partial charge is 0.454 e. The third kappa shape index (κ3) is 5.28. The van der Waals surface area contributed by atoms with Crippen LogP contribution in [-0.2, 0) is 24.3 Å². The minimum Gasteiger partial charge on any atom is -0.454 e. The number of nitrogens with one attached hydrogen (secondary N) is 1. The molecular weight excluding hydrogens is 532 g/mol. The van der Waals surface area contributed by atoms with Crippen molar-refractivity contribution in [3.63, 3.8) is 0 Å². The number of carbonyl (C=O) groups excluding carboxylic acids is 1. The summed E-state index contributed by atoms with van der Waals surface area (Å²) in [5.41, 5.74) is 2.88. The van der Waals surface area contributed by atoms with Crippen molar-refractivity contribution in [1.82, 2.24) is 9.47 Å². The smallest absolute Gasteiger partial charge is 0.270 e. The van der Waals surface area contributed by atoms with Crippen molar-refractivity contribution in [1.29, 1.82) is 5.26 Å². The first-order chi connectivity index (χ1) is 18.9. The van der Waals surface area contributed by atoms with Gasteiger partial charge in [0.05, 0.1) is 11.4 Å². The van der Waals surface area contributed by atoms with Crippen LogP contribution >= 0.6 is 24.0 Å². The molecule has 0 spiro atoms. The number of carbonyl (C=O) groups is 1. The average molecular weight is 559 g/mol. The third-order valence-electron chi connectivity index (χ3n) is 6.67. The zero-order valence-electron chi connectivity index (χ0n) is 21.5.